The second-order valence-electron chi connectivity index (χ2n) is 5.04. The van der Waals surface area contributed by atoms with Gasteiger partial charge in [0, 0.05) is 10.2 Å². The summed E-state index contributed by atoms with van der Waals surface area (Å²) in [7, 11) is 0. The standard InChI is InChI=1S/C17H18BrClN2S/c1-3-16(13-7-5-4-6-11(13)2)21-17(22)20-12-8-9-14(18)15(19)10-12/h4-10,16H,3H2,1-2H3,(H2,20,21,22). The predicted molar refractivity (Wildman–Crippen MR) is 103 cm³/mol. The molecule has 2 aromatic rings. The molecule has 116 valence electrons. The Bertz CT molecular complexity index is 675. The molecule has 2 aromatic carbocycles. The molecule has 0 aliphatic heterocycles. The Kier molecular flexibility index (Phi) is 6.24. The van der Waals surface area contributed by atoms with Crippen molar-refractivity contribution in [1.29, 1.82) is 0 Å². The van der Waals surface area contributed by atoms with Crippen molar-refractivity contribution in [2.45, 2.75) is 26.3 Å². The van der Waals surface area contributed by atoms with Crippen LogP contribution in [-0.2, 0) is 0 Å². The zero-order valence-corrected chi connectivity index (χ0v) is 15.6. The van der Waals surface area contributed by atoms with E-state index in [2.05, 4.69) is 58.6 Å². The van der Waals surface area contributed by atoms with Gasteiger partial charge >= 0.3 is 0 Å². The van der Waals surface area contributed by atoms with Crippen molar-refractivity contribution in [3.05, 3.63) is 63.1 Å². The SMILES string of the molecule is CCC(NC(=S)Nc1ccc(Br)c(Cl)c1)c1ccccc1C. The lowest BCUT2D eigenvalue weighted by molar-refractivity contribution is 0.625. The van der Waals surface area contributed by atoms with Crippen LogP contribution in [-0.4, -0.2) is 5.11 Å². The maximum absolute atomic E-state index is 6.10. The molecule has 0 heterocycles. The summed E-state index contributed by atoms with van der Waals surface area (Å²) in [5.74, 6) is 0. The van der Waals surface area contributed by atoms with Gasteiger partial charge in [0.05, 0.1) is 11.1 Å². The van der Waals surface area contributed by atoms with Gasteiger partial charge in [0.25, 0.3) is 0 Å². The van der Waals surface area contributed by atoms with E-state index in [4.69, 9.17) is 23.8 Å². The van der Waals surface area contributed by atoms with E-state index in [-0.39, 0.29) is 6.04 Å². The molecule has 5 heteroatoms. The smallest absolute Gasteiger partial charge is 0.171 e. The van der Waals surface area contributed by atoms with Crippen LogP contribution in [0.25, 0.3) is 0 Å². The van der Waals surface area contributed by atoms with E-state index in [0.29, 0.717) is 10.1 Å². The topological polar surface area (TPSA) is 24.1 Å². The summed E-state index contributed by atoms with van der Waals surface area (Å²) in [5, 5.41) is 7.79. The highest BCUT2D eigenvalue weighted by Gasteiger charge is 2.12. The Morgan fingerprint density at radius 1 is 1.27 bits per heavy atom. The first kappa shape index (κ1) is 17.3. The number of anilines is 1. The molecular weight excluding hydrogens is 380 g/mol. The molecule has 2 nitrogen and oxygen atoms in total. The molecule has 0 saturated carbocycles. The van der Waals surface area contributed by atoms with Crippen molar-refractivity contribution in [3.8, 4) is 0 Å². The molecule has 0 bridgehead atoms. The highest BCUT2D eigenvalue weighted by atomic mass is 79.9. The number of hydrogen-bond donors (Lipinski definition) is 2. The Balaban J connectivity index is 2.06. The van der Waals surface area contributed by atoms with Crippen molar-refractivity contribution in [1.82, 2.24) is 5.32 Å². The van der Waals surface area contributed by atoms with E-state index >= 15 is 0 Å². The summed E-state index contributed by atoms with van der Waals surface area (Å²) in [6, 6.07) is 14.2. The van der Waals surface area contributed by atoms with Gasteiger partial charge in [-0.3, -0.25) is 0 Å². The number of rotatable bonds is 4. The average Bonchev–Trinajstić information content (AvgIpc) is 2.49. The van der Waals surface area contributed by atoms with Crippen molar-refractivity contribution in [2.75, 3.05) is 5.32 Å². The second-order valence-corrected chi connectivity index (χ2v) is 6.71. The first-order chi connectivity index (χ1) is 10.5. The van der Waals surface area contributed by atoms with Crippen LogP contribution >= 0.6 is 39.7 Å². The van der Waals surface area contributed by atoms with E-state index in [9.17, 15) is 0 Å². The van der Waals surface area contributed by atoms with Crippen LogP contribution in [0.3, 0.4) is 0 Å². The summed E-state index contributed by atoms with van der Waals surface area (Å²) in [6.07, 6.45) is 0.952. The molecule has 0 radical (unpaired) electrons. The van der Waals surface area contributed by atoms with Crippen molar-refractivity contribution >= 4 is 50.5 Å². The molecule has 0 fully saturated rings. The maximum Gasteiger partial charge on any atom is 0.171 e. The van der Waals surface area contributed by atoms with E-state index in [1.807, 2.05) is 24.3 Å². The van der Waals surface area contributed by atoms with Crippen LogP contribution in [0.15, 0.2) is 46.9 Å². The second kappa shape index (κ2) is 7.95. The van der Waals surface area contributed by atoms with Gasteiger partial charge in [0.2, 0.25) is 0 Å². The fourth-order valence-electron chi connectivity index (χ4n) is 2.28. The molecule has 0 saturated heterocycles. The van der Waals surface area contributed by atoms with Crippen LogP contribution in [0, 0.1) is 6.92 Å². The van der Waals surface area contributed by atoms with Gasteiger partial charge in [-0.15, -0.1) is 0 Å². The van der Waals surface area contributed by atoms with Gasteiger partial charge in [-0.25, -0.2) is 0 Å². The van der Waals surface area contributed by atoms with Crippen molar-refractivity contribution in [3.63, 3.8) is 0 Å². The Labute approximate surface area is 150 Å². The largest absolute Gasteiger partial charge is 0.356 e. The third-order valence-electron chi connectivity index (χ3n) is 3.45. The minimum atomic E-state index is 0.187. The van der Waals surface area contributed by atoms with Crippen LogP contribution in [0.5, 0.6) is 0 Å². The number of nitrogens with one attached hydrogen (secondary N) is 2. The van der Waals surface area contributed by atoms with Crippen LogP contribution in [0.2, 0.25) is 5.02 Å². The molecule has 0 aliphatic carbocycles. The lowest BCUT2D eigenvalue weighted by Crippen LogP contribution is -2.32. The Morgan fingerprint density at radius 2 is 2.00 bits per heavy atom. The normalized spacial score (nSPS) is 11.8. The predicted octanol–water partition coefficient (Wildman–Crippen LogP) is 5.85. The van der Waals surface area contributed by atoms with Gasteiger partial charge in [-0.05, 0) is 70.8 Å². The fourth-order valence-corrected chi connectivity index (χ4v) is 2.96. The third-order valence-corrected chi connectivity index (χ3v) is 4.91. The van der Waals surface area contributed by atoms with Crippen molar-refractivity contribution in [2.24, 2.45) is 0 Å². The van der Waals surface area contributed by atoms with Gasteiger partial charge in [0.1, 0.15) is 0 Å². The van der Waals surface area contributed by atoms with Crippen LogP contribution in [0.1, 0.15) is 30.5 Å². The lowest BCUT2D eigenvalue weighted by atomic mass is 10.00. The molecule has 2 rings (SSSR count). The van der Waals surface area contributed by atoms with Crippen molar-refractivity contribution < 1.29 is 0 Å². The highest BCUT2D eigenvalue weighted by Crippen LogP contribution is 2.26. The lowest BCUT2D eigenvalue weighted by Gasteiger charge is -2.21. The minimum absolute atomic E-state index is 0.187. The maximum atomic E-state index is 6.10. The first-order valence-corrected chi connectivity index (χ1v) is 8.67. The summed E-state index contributed by atoms with van der Waals surface area (Å²) in [5.41, 5.74) is 3.39. The molecule has 1 unspecified atom stereocenters. The molecule has 22 heavy (non-hydrogen) atoms. The van der Waals surface area contributed by atoms with Crippen LogP contribution < -0.4 is 10.6 Å². The number of benzene rings is 2. The van der Waals surface area contributed by atoms with E-state index in [1.165, 1.54) is 11.1 Å². The molecule has 0 aliphatic rings. The molecule has 2 N–H and O–H groups in total. The summed E-state index contributed by atoms with van der Waals surface area (Å²) >= 11 is 14.9. The van der Waals surface area contributed by atoms with E-state index in [1.54, 1.807) is 0 Å². The Morgan fingerprint density at radius 3 is 2.64 bits per heavy atom. The third kappa shape index (κ3) is 4.45. The van der Waals surface area contributed by atoms with E-state index in [0.717, 1.165) is 16.6 Å². The first-order valence-electron chi connectivity index (χ1n) is 7.09. The summed E-state index contributed by atoms with van der Waals surface area (Å²) < 4.78 is 0.866. The highest BCUT2D eigenvalue weighted by molar-refractivity contribution is 9.10. The van der Waals surface area contributed by atoms with Gasteiger partial charge in [-0.1, -0.05) is 42.8 Å². The average molecular weight is 398 g/mol. The van der Waals surface area contributed by atoms with E-state index < -0.39 is 0 Å². The molecular formula is C17H18BrClN2S. The zero-order valence-electron chi connectivity index (χ0n) is 12.5. The monoisotopic (exact) mass is 396 g/mol. The number of hydrogen-bond acceptors (Lipinski definition) is 1. The van der Waals surface area contributed by atoms with Crippen LogP contribution in [0.4, 0.5) is 5.69 Å². The fraction of sp³-hybridized carbons (Fsp3) is 0.235. The van der Waals surface area contributed by atoms with Gasteiger partial charge < -0.3 is 10.6 Å². The quantitative estimate of drug-likeness (QED) is 0.633. The zero-order chi connectivity index (χ0) is 16.1. The van der Waals surface area contributed by atoms with Gasteiger partial charge in [-0.2, -0.15) is 0 Å². The number of aryl methyl sites for hydroxylation is 1. The number of thiocarbonyl (C=S) groups is 1. The minimum Gasteiger partial charge on any atom is -0.356 e. The molecule has 0 aromatic heterocycles. The summed E-state index contributed by atoms with van der Waals surface area (Å²) in [6.45, 7) is 4.26. The van der Waals surface area contributed by atoms with Gasteiger partial charge in [0.15, 0.2) is 5.11 Å². The Hall–Kier alpha value is -1.10. The molecule has 0 amide bonds. The summed E-state index contributed by atoms with van der Waals surface area (Å²) in [4.78, 5) is 0. The molecule has 0 spiro atoms. The number of halogens is 2. The molecule has 1 atom stereocenters.